The highest BCUT2D eigenvalue weighted by atomic mass is 16.6. The molecule has 28 heavy (non-hydrogen) atoms. The van der Waals surface area contributed by atoms with Gasteiger partial charge in [-0.15, -0.1) is 0 Å². The van der Waals surface area contributed by atoms with E-state index in [2.05, 4.69) is 0 Å². The molecule has 7 nitrogen and oxygen atoms in total. The number of methoxy groups -OCH3 is 2. The molecule has 0 aliphatic carbocycles. The Morgan fingerprint density at radius 3 is 2.25 bits per heavy atom. The summed E-state index contributed by atoms with van der Waals surface area (Å²) in [6, 6.07) is 9.93. The van der Waals surface area contributed by atoms with Gasteiger partial charge in [0, 0.05) is 12.0 Å². The normalized spacial score (nSPS) is 10.4. The minimum atomic E-state index is -0.559. The van der Waals surface area contributed by atoms with Crippen LogP contribution < -0.4 is 14.2 Å². The maximum atomic E-state index is 12.5. The van der Waals surface area contributed by atoms with Crippen LogP contribution in [0.2, 0.25) is 0 Å². The van der Waals surface area contributed by atoms with Crippen molar-refractivity contribution in [2.75, 3.05) is 20.8 Å². The number of carbonyl (C=O) groups is 1. The molecule has 150 valence electrons. The molecule has 0 atom stereocenters. The molecule has 0 aliphatic rings. The van der Waals surface area contributed by atoms with Gasteiger partial charge in [0.1, 0.15) is 0 Å². The number of Topliss-reactive ketones (excluding diaryl/α,β-unsaturated/α-hetero) is 1. The second-order valence-electron chi connectivity index (χ2n) is 6.22. The molecule has 0 amide bonds. The van der Waals surface area contributed by atoms with Crippen molar-refractivity contribution >= 4 is 11.5 Å². The summed E-state index contributed by atoms with van der Waals surface area (Å²) in [6.07, 6.45) is 1.67. The van der Waals surface area contributed by atoms with Gasteiger partial charge in [-0.1, -0.05) is 37.3 Å². The largest absolute Gasteiger partial charge is 0.492 e. The molecule has 0 N–H and O–H groups in total. The molecule has 0 unspecified atom stereocenters. The van der Waals surface area contributed by atoms with Gasteiger partial charge in [-0.3, -0.25) is 14.9 Å². The summed E-state index contributed by atoms with van der Waals surface area (Å²) in [6.45, 7) is 3.50. The van der Waals surface area contributed by atoms with Crippen molar-refractivity contribution in [2.24, 2.45) is 0 Å². The first-order valence-electron chi connectivity index (χ1n) is 9.09. The predicted molar refractivity (Wildman–Crippen MR) is 106 cm³/mol. The highest BCUT2D eigenvalue weighted by Crippen LogP contribution is 2.49. The first-order chi connectivity index (χ1) is 13.5. The van der Waals surface area contributed by atoms with Crippen molar-refractivity contribution in [1.29, 1.82) is 0 Å². The van der Waals surface area contributed by atoms with Crippen molar-refractivity contribution < 1.29 is 23.9 Å². The summed E-state index contributed by atoms with van der Waals surface area (Å²) in [5.74, 6) is -0.0281. The van der Waals surface area contributed by atoms with Crippen LogP contribution in [-0.4, -0.2) is 31.5 Å². The summed E-state index contributed by atoms with van der Waals surface area (Å²) in [5, 5.41) is 11.6. The van der Waals surface area contributed by atoms with Gasteiger partial charge >= 0.3 is 5.69 Å². The standard InChI is InChI=1S/C21H25NO6/c1-5-16(23)17-14(2)18(22(24)25)20(27-4)21(19(17)26-3)28-13-9-12-15-10-7-6-8-11-15/h6-8,10-11H,5,9,12-13H2,1-4H3. The van der Waals surface area contributed by atoms with E-state index in [0.717, 1.165) is 6.42 Å². The number of ketones is 1. The van der Waals surface area contributed by atoms with E-state index >= 15 is 0 Å². The number of ether oxygens (including phenoxy) is 3. The van der Waals surface area contributed by atoms with Gasteiger partial charge in [0.2, 0.25) is 11.5 Å². The summed E-state index contributed by atoms with van der Waals surface area (Å²) in [4.78, 5) is 23.5. The Labute approximate surface area is 164 Å². The van der Waals surface area contributed by atoms with Crippen molar-refractivity contribution in [3.8, 4) is 17.2 Å². The molecule has 2 aromatic rings. The first kappa shape index (κ1) is 21.2. The molecule has 0 radical (unpaired) electrons. The van der Waals surface area contributed by atoms with E-state index in [1.807, 2.05) is 30.3 Å². The van der Waals surface area contributed by atoms with Crippen LogP contribution >= 0.6 is 0 Å². The molecule has 0 saturated heterocycles. The van der Waals surface area contributed by atoms with Crippen molar-refractivity contribution in [1.82, 2.24) is 0 Å². The molecule has 2 rings (SSSR count). The Bertz CT molecular complexity index is 848. The van der Waals surface area contributed by atoms with Gasteiger partial charge < -0.3 is 14.2 Å². The Morgan fingerprint density at radius 2 is 1.71 bits per heavy atom. The average Bonchev–Trinajstić information content (AvgIpc) is 2.70. The van der Waals surface area contributed by atoms with Crippen LogP contribution in [0.3, 0.4) is 0 Å². The van der Waals surface area contributed by atoms with Gasteiger partial charge in [0.05, 0.1) is 31.3 Å². The molecule has 0 bridgehead atoms. The molecule has 0 aliphatic heterocycles. The minimum Gasteiger partial charge on any atom is -0.492 e. The maximum Gasteiger partial charge on any atom is 0.318 e. The third-order valence-corrected chi connectivity index (χ3v) is 4.47. The zero-order chi connectivity index (χ0) is 20.7. The van der Waals surface area contributed by atoms with Crippen LogP contribution in [-0.2, 0) is 6.42 Å². The number of benzene rings is 2. The third kappa shape index (κ3) is 4.42. The van der Waals surface area contributed by atoms with Crippen molar-refractivity contribution in [3.05, 3.63) is 57.1 Å². The number of hydrogen-bond acceptors (Lipinski definition) is 6. The fourth-order valence-corrected chi connectivity index (χ4v) is 3.13. The first-order valence-corrected chi connectivity index (χ1v) is 9.09. The summed E-state index contributed by atoms with van der Waals surface area (Å²) >= 11 is 0. The van der Waals surface area contributed by atoms with Crippen LogP contribution in [0.15, 0.2) is 30.3 Å². The molecular formula is C21H25NO6. The number of rotatable bonds is 10. The van der Waals surface area contributed by atoms with Crippen LogP contribution in [0, 0.1) is 17.0 Å². The molecule has 0 aromatic heterocycles. The Hall–Kier alpha value is -3.09. The zero-order valence-corrected chi connectivity index (χ0v) is 16.6. The molecular weight excluding hydrogens is 362 g/mol. The van der Waals surface area contributed by atoms with Crippen LogP contribution in [0.4, 0.5) is 5.69 Å². The lowest BCUT2D eigenvalue weighted by Gasteiger charge is -2.19. The number of nitro benzene ring substituents is 1. The molecule has 0 saturated carbocycles. The van der Waals surface area contributed by atoms with Crippen molar-refractivity contribution in [3.63, 3.8) is 0 Å². The lowest BCUT2D eigenvalue weighted by atomic mass is 9.98. The Morgan fingerprint density at radius 1 is 1.07 bits per heavy atom. The fraction of sp³-hybridized carbons (Fsp3) is 0.381. The van der Waals surface area contributed by atoms with E-state index in [1.54, 1.807) is 6.92 Å². The maximum absolute atomic E-state index is 12.5. The second kappa shape index (κ2) is 9.73. The van der Waals surface area contributed by atoms with Crippen molar-refractivity contribution in [2.45, 2.75) is 33.1 Å². The number of nitrogens with zero attached hydrogens (tertiary/aromatic N) is 1. The fourth-order valence-electron chi connectivity index (χ4n) is 3.13. The summed E-state index contributed by atoms with van der Waals surface area (Å²) in [7, 11) is 2.74. The van der Waals surface area contributed by atoms with Gasteiger partial charge in [-0.25, -0.2) is 0 Å². The van der Waals surface area contributed by atoms with E-state index in [0.29, 0.717) is 13.0 Å². The number of hydrogen-bond donors (Lipinski definition) is 0. The van der Waals surface area contributed by atoms with Gasteiger partial charge in [0.25, 0.3) is 0 Å². The molecule has 2 aromatic carbocycles. The monoisotopic (exact) mass is 387 g/mol. The molecule has 0 fully saturated rings. The molecule has 0 spiro atoms. The number of aryl methyl sites for hydroxylation is 1. The SMILES string of the molecule is CCC(=O)c1c(C)c([N+](=O)[O-])c(OC)c(OCCCc2ccccc2)c1OC. The topological polar surface area (TPSA) is 87.9 Å². The van der Waals surface area contributed by atoms with Gasteiger partial charge in [-0.05, 0) is 25.3 Å². The smallest absolute Gasteiger partial charge is 0.318 e. The lowest BCUT2D eigenvalue weighted by molar-refractivity contribution is -0.386. The minimum absolute atomic E-state index is 0.0354. The van der Waals surface area contributed by atoms with E-state index in [9.17, 15) is 14.9 Å². The van der Waals surface area contributed by atoms with E-state index in [1.165, 1.54) is 26.7 Å². The van der Waals surface area contributed by atoms with E-state index in [4.69, 9.17) is 14.2 Å². The van der Waals surface area contributed by atoms with Gasteiger partial charge in [-0.2, -0.15) is 0 Å². The summed E-state index contributed by atoms with van der Waals surface area (Å²) < 4.78 is 16.6. The highest BCUT2D eigenvalue weighted by molar-refractivity contribution is 6.02. The number of nitro groups is 1. The Balaban J connectivity index is 2.40. The van der Waals surface area contributed by atoms with Crippen LogP contribution in [0.25, 0.3) is 0 Å². The Kier molecular flexibility index (Phi) is 7.37. The average molecular weight is 387 g/mol. The number of carbonyl (C=O) groups excluding carboxylic acids is 1. The highest BCUT2D eigenvalue weighted by Gasteiger charge is 2.33. The second-order valence-corrected chi connectivity index (χ2v) is 6.22. The van der Waals surface area contributed by atoms with Crippen LogP contribution in [0.1, 0.15) is 41.3 Å². The van der Waals surface area contributed by atoms with E-state index in [-0.39, 0.29) is 46.3 Å². The third-order valence-electron chi connectivity index (χ3n) is 4.47. The summed E-state index contributed by atoms with van der Waals surface area (Å²) in [5.41, 5.74) is 1.26. The molecule has 7 heteroatoms. The quantitative estimate of drug-likeness (QED) is 0.258. The predicted octanol–water partition coefficient (Wildman–Crippen LogP) is 4.52. The lowest BCUT2D eigenvalue weighted by Crippen LogP contribution is -2.11. The van der Waals surface area contributed by atoms with Gasteiger partial charge in [0.15, 0.2) is 11.5 Å². The molecule has 0 heterocycles. The zero-order valence-electron chi connectivity index (χ0n) is 16.6. The van der Waals surface area contributed by atoms with Crippen LogP contribution in [0.5, 0.6) is 17.2 Å². The van der Waals surface area contributed by atoms with E-state index < -0.39 is 4.92 Å².